The fourth-order valence-corrected chi connectivity index (χ4v) is 1.61. The minimum Gasteiger partial charge on any atom is -0.201 e. The molecule has 0 amide bonds. The Morgan fingerprint density at radius 3 is 2.47 bits per heavy atom. The summed E-state index contributed by atoms with van der Waals surface area (Å²) in [6.07, 6.45) is 6.04. The summed E-state index contributed by atoms with van der Waals surface area (Å²) >= 11 is 0. The Morgan fingerprint density at radius 2 is 1.73 bits per heavy atom. The van der Waals surface area contributed by atoms with Crippen LogP contribution in [0.2, 0.25) is 0 Å². The summed E-state index contributed by atoms with van der Waals surface area (Å²) in [4.78, 5) is 0. The molecule has 0 spiro atoms. The molecule has 0 aliphatic carbocycles. The normalized spacial score (nSPS) is 9.87. The van der Waals surface area contributed by atoms with Gasteiger partial charge in [0.15, 0.2) is 18.9 Å². The van der Waals surface area contributed by atoms with Crippen LogP contribution in [0.5, 0.6) is 0 Å². The summed E-state index contributed by atoms with van der Waals surface area (Å²) in [6, 6.07) is 14.4. The van der Waals surface area contributed by atoms with Crippen molar-refractivity contribution >= 4 is 6.08 Å². The Labute approximate surface area is 90.3 Å². The lowest BCUT2D eigenvalue weighted by atomic mass is 10.1. The van der Waals surface area contributed by atoms with Gasteiger partial charge in [-0.2, -0.15) is 0 Å². The fourth-order valence-electron chi connectivity index (χ4n) is 1.61. The van der Waals surface area contributed by atoms with Gasteiger partial charge in [0.2, 0.25) is 0 Å². The molecule has 1 nitrogen and oxygen atoms in total. The molecule has 1 aromatic carbocycles. The maximum atomic E-state index is 3.82. The van der Waals surface area contributed by atoms with Crippen LogP contribution >= 0.6 is 0 Å². The SMILES string of the molecule is C=Cc1ccccc1C[n+]1ccccc1. The average Bonchev–Trinajstić information content (AvgIpc) is 2.31. The van der Waals surface area contributed by atoms with Gasteiger partial charge in [-0.3, -0.25) is 0 Å². The molecule has 0 N–H and O–H groups in total. The summed E-state index contributed by atoms with van der Waals surface area (Å²) in [5.74, 6) is 0. The molecule has 0 bridgehead atoms. The van der Waals surface area contributed by atoms with Gasteiger partial charge in [0.05, 0.1) is 0 Å². The van der Waals surface area contributed by atoms with Gasteiger partial charge in [-0.15, -0.1) is 0 Å². The lowest BCUT2D eigenvalue weighted by Gasteiger charge is -2.01. The first-order chi connectivity index (χ1) is 7.40. The molecule has 0 saturated heterocycles. The molecule has 0 fully saturated rings. The molecule has 15 heavy (non-hydrogen) atoms. The van der Waals surface area contributed by atoms with E-state index in [2.05, 4.69) is 41.7 Å². The standard InChI is InChI=1S/C14H14N/c1-2-13-8-4-5-9-14(13)12-15-10-6-3-7-11-15/h2-11H,1,12H2/q+1. The number of rotatable bonds is 3. The maximum absolute atomic E-state index is 3.82. The second-order valence-corrected chi connectivity index (χ2v) is 3.45. The van der Waals surface area contributed by atoms with Gasteiger partial charge < -0.3 is 0 Å². The van der Waals surface area contributed by atoms with Gasteiger partial charge in [-0.1, -0.05) is 43.0 Å². The van der Waals surface area contributed by atoms with Gasteiger partial charge in [0, 0.05) is 17.7 Å². The number of aromatic nitrogens is 1. The van der Waals surface area contributed by atoms with Crippen LogP contribution in [0.1, 0.15) is 11.1 Å². The molecular weight excluding hydrogens is 182 g/mol. The van der Waals surface area contributed by atoms with E-state index >= 15 is 0 Å². The number of hydrogen-bond acceptors (Lipinski definition) is 0. The predicted octanol–water partition coefficient (Wildman–Crippen LogP) is 2.67. The predicted molar refractivity (Wildman–Crippen MR) is 62.3 cm³/mol. The number of hydrogen-bond donors (Lipinski definition) is 0. The molecule has 0 unspecified atom stereocenters. The minimum atomic E-state index is 0.892. The molecule has 2 aromatic rings. The number of pyridine rings is 1. The molecular formula is C14H14N+. The summed E-state index contributed by atoms with van der Waals surface area (Å²) in [5.41, 5.74) is 2.50. The topological polar surface area (TPSA) is 3.88 Å². The third-order valence-electron chi connectivity index (χ3n) is 2.41. The van der Waals surface area contributed by atoms with Crippen LogP contribution in [0, 0.1) is 0 Å². The molecule has 0 radical (unpaired) electrons. The number of benzene rings is 1. The quantitative estimate of drug-likeness (QED) is 0.664. The molecule has 0 aliphatic rings. The first kappa shape index (κ1) is 9.66. The second-order valence-electron chi connectivity index (χ2n) is 3.45. The molecule has 0 saturated carbocycles. The van der Waals surface area contributed by atoms with Crippen molar-refractivity contribution in [3.8, 4) is 0 Å². The smallest absolute Gasteiger partial charge is 0.174 e. The van der Waals surface area contributed by atoms with E-state index in [9.17, 15) is 0 Å². The summed E-state index contributed by atoms with van der Waals surface area (Å²) in [7, 11) is 0. The summed E-state index contributed by atoms with van der Waals surface area (Å²) in [5, 5.41) is 0. The number of nitrogens with zero attached hydrogens (tertiary/aromatic N) is 1. The van der Waals surface area contributed by atoms with Crippen molar-refractivity contribution in [2.45, 2.75) is 6.54 Å². The first-order valence-electron chi connectivity index (χ1n) is 5.04. The van der Waals surface area contributed by atoms with Crippen molar-refractivity contribution in [1.82, 2.24) is 0 Å². The fraction of sp³-hybridized carbons (Fsp3) is 0.0714. The maximum Gasteiger partial charge on any atom is 0.174 e. The summed E-state index contributed by atoms with van der Waals surface area (Å²) < 4.78 is 2.16. The third kappa shape index (κ3) is 2.32. The van der Waals surface area contributed by atoms with Crippen molar-refractivity contribution in [3.63, 3.8) is 0 Å². The van der Waals surface area contributed by atoms with E-state index in [0.717, 1.165) is 6.54 Å². The second kappa shape index (κ2) is 4.56. The van der Waals surface area contributed by atoms with Crippen molar-refractivity contribution in [2.24, 2.45) is 0 Å². The van der Waals surface area contributed by atoms with E-state index in [1.54, 1.807) is 0 Å². The van der Waals surface area contributed by atoms with E-state index < -0.39 is 0 Å². The Morgan fingerprint density at radius 1 is 1.00 bits per heavy atom. The van der Waals surface area contributed by atoms with Gasteiger partial charge in [0.25, 0.3) is 0 Å². The van der Waals surface area contributed by atoms with Gasteiger partial charge in [0.1, 0.15) is 0 Å². The van der Waals surface area contributed by atoms with Gasteiger partial charge in [-0.05, 0) is 5.56 Å². The zero-order chi connectivity index (χ0) is 10.5. The molecule has 74 valence electrons. The van der Waals surface area contributed by atoms with Gasteiger partial charge >= 0.3 is 0 Å². The van der Waals surface area contributed by atoms with Crippen LogP contribution in [-0.4, -0.2) is 0 Å². The lowest BCUT2D eigenvalue weighted by Crippen LogP contribution is -2.33. The van der Waals surface area contributed by atoms with Crippen molar-refractivity contribution in [1.29, 1.82) is 0 Å². The van der Waals surface area contributed by atoms with Crippen molar-refractivity contribution in [2.75, 3.05) is 0 Å². The Balaban J connectivity index is 2.28. The van der Waals surface area contributed by atoms with Gasteiger partial charge in [-0.25, -0.2) is 4.57 Å². The first-order valence-corrected chi connectivity index (χ1v) is 5.04. The van der Waals surface area contributed by atoms with E-state index in [1.807, 2.05) is 30.3 Å². The van der Waals surface area contributed by atoms with Crippen LogP contribution in [0.25, 0.3) is 6.08 Å². The largest absolute Gasteiger partial charge is 0.201 e. The summed E-state index contributed by atoms with van der Waals surface area (Å²) in [6.45, 7) is 4.72. The van der Waals surface area contributed by atoms with Crippen LogP contribution < -0.4 is 4.57 Å². The van der Waals surface area contributed by atoms with Crippen LogP contribution in [-0.2, 0) is 6.54 Å². The van der Waals surface area contributed by atoms with E-state index in [1.165, 1.54) is 11.1 Å². The Hall–Kier alpha value is -1.89. The highest BCUT2D eigenvalue weighted by Gasteiger charge is 2.03. The Bertz CT molecular complexity index is 446. The molecule has 1 aromatic heterocycles. The average molecular weight is 196 g/mol. The highest BCUT2D eigenvalue weighted by molar-refractivity contribution is 5.51. The molecule has 0 atom stereocenters. The van der Waals surface area contributed by atoms with Crippen molar-refractivity contribution < 1.29 is 4.57 Å². The van der Waals surface area contributed by atoms with E-state index in [4.69, 9.17) is 0 Å². The van der Waals surface area contributed by atoms with E-state index in [-0.39, 0.29) is 0 Å². The van der Waals surface area contributed by atoms with Crippen molar-refractivity contribution in [3.05, 3.63) is 72.6 Å². The van der Waals surface area contributed by atoms with Crippen LogP contribution in [0.15, 0.2) is 61.4 Å². The highest BCUT2D eigenvalue weighted by Crippen LogP contribution is 2.09. The molecule has 1 heteroatoms. The van der Waals surface area contributed by atoms with Crippen LogP contribution in [0.3, 0.4) is 0 Å². The zero-order valence-corrected chi connectivity index (χ0v) is 8.63. The third-order valence-corrected chi connectivity index (χ3v) is 2.41. The lowest BCUT2D eigenvalue weighted by molar-refractivity contribution is -0.688. The monoisotopic (exact) mass is 196 g/mol. The minimum absolute atomic E-state index is 0.892. The molecule has 2 rings (SSSR count). The molecule has 0 aliphatic heterocycles. The molecule has 1 heterocycles. The zero-order valence-electron chi connectivity index (χ0n) is 8.63. The Kier molecular flexibility index (Phi) is 2.93. The van der Waals surface area contributed by atoms with E-state index in [0.29, 0.717) is 0 Å². The van der Waals surface area contributed by atoms with Crippen LogP contribution in [0.4, 0.5) is 0 Å². The highest BCUT2D eigenvalue weighted by atomic mass is 14.9.